The summed E-state index contributed by atoms with van der Waals surface area (Å²) in [6.45, 7) is 0. The highest BCUT2D eigenvalue weighted by Gasteiger charge is 2.21. The fourth-order valence-electron chi connectivity index (χ4n) is 1.81. The number of rotatable bonds is 2. The number of methoxy groups -OCH3 is 1. The van der Waals surface area contributed by atoms with Gasteiger partial charge in [-0.2, -0.15) is 10.5 Å². The molecule has 0 aromatic heterocycles. The minimum Gasteiger partial charge on any atom is -0.497 e. The molecule has 0 spiro atoms. The maximum atomic E-state index is 5.13. The lowest BCUT2D eigenvalue weighted by molar-refractivity contribution is 0.415. The van der Waals surface area contributed by atoms with Crippen LogP contribution in [-0.4, -0.2) is 25.2 Å². The van der Waals surface area contributed by atoms with Gasteiger partial charge in [0.25, 0.3) is 0 Å². The highest BCUT2D eigenvalue weighted by Crippen LogP contribution is 2.20. The molecule has 0 radical (unpaired) electrons. The minimum absolute atomic E-state index is 0.0583. The van der Waals surface area contributed by atoms with Crippen LogP contribution in [0, 0.1) is 0 Å². The van der Waals surface area contributed by atoms with E-state index in [1.54, 1.807) is 7.11 Å². The van der Waals surface area contributed by atoms with E-state index >= 15 is 0 Å². The third-order valence-electron chi connectivity index (χ3n) is 2.76. The summed E-state index contributed by atoms with van der Waals surface area (Å²) in [7, 11) is 1.66. The normalized spacial score (nSPS) is 21.4. The van der Waals surface area contributed by atoms with Crippen molar-refractivity contribution in [2.45, 2.75) is 6.17 Å². The first-order valence-electron chi connectivity index (χ1n) is 5.34. The van der Waals surface area contributed by atoms with Gasteiger partial charge in [-0.3, -0.25) is 4.99 Å². The molecule has 2 N–H and O–H groups in total. The molecule has 0 fully saturated rings. The fraction of sp³-hybridized carbons (Fsp3) is 0.167. The number of nitrogens with one attached hydrogen (secondary N) is 2. The van der Waals surface area contributed by atoms with Crippen molar-refractivity contribution in [2.75, 3.05) is 7.11 Å². The summed E-state index contributed by atoms with van der Waals surface area (Å²) in [5.41, 5.74) is 8.70. The first-order chi connectivity index (χ1) is 8.36. The number of hydrazine groups is 1. The van der Waals surface area contributed by atoms with Crippen molar-refractivity contribution < 1.29 is 4.74 Å². The van der Waals surface area contributed by atoms with Crippen molar-refractivity contribution in [3.8, 4) is 5.75 Å². The first kappa shape index (κ1) is 10.0. The van der Waals surface area contributed by atoms with Gasteiger partial charge < -0.3 is 4.74 Å². The van der Waals surface area contributed by atoms with E-state index in [1.807, 2.05) is 36.6 Å². The van der Waals surface area contributed by atoms with Crippen molar-refractivity contribution in [1.29, 1.82) is 0 Å². The zero-order chi connectivity index (χ0) is 11.7. The van der Waals surface area contributed by atoms with Crippen molar-refractivity contribution in [2.24, 2.45) is 10.1 Å². The Kier molecular flexibility index (Phi) is 2.38. The lowest BCUT2D eigenvalue weighted by atomic mass is 10.0. The van der Waals surface area contributed by atoms with Gasteiger partial charge in [-0.15, -0.1) is 0 Å². The molecule has 0 bridgehead atoms. The quantitative estimate of drug-likeness (QED) is 0.792. The van der Waals surface area contributed by atoms with Crippen LogP contribution in [0.5, 0.6) is 5.75 Å². The van der Waals surface area contributed by atoms with E-state index in [0.29, 0.717) is 0 Å². The number of aliphatic imine (C=N–C) groups is 1. The minimum atomic E-state index is -0.0583. The summed E-state index contributed by atoms with van der Waals surface area (Å²) in [6, 6.07) is 7.88. The molecule has 2 aliphatic heterocycles. The molecule has 3 rings (SSSR count). The number of hydrazone groups is 1. The van der Waals surface area contributed by atoms with Crippen LogP contribution < -0.4 is 15.7 Å². The average Bonchev–Trinajstić information content (AvgIpc) is 2.86. The van der Waals surface area contributed by atoms with Crippen molar-refractivity contribution in [1.82, 2.24) is 11.0 Å². The van der Waals surface area contributed by atoms with Crippen molar-refractivity contribution in [3.05, 3.63) is 35.9 Å². The molecule has 1 atom stereocenters. The van der Waals surface area contributed by atoms with Gasteiger partial charge in [-0.05, 0) is 23.8 Å². The molecular formula is C12H12N4O. The molecule has 1 unspecified atom stereocenters. The van der Waals surface area contributed by atoms with E-state index in [0.717, 1.165) is 22.6 Å². The Morgan fingerprint density at radius 3 is 2.82 bits per heavy atom. The van der Waals surface area contributed by atoms with Gasteiger partial charge in [0.1, 0.15) is 11.5 Å². The zero-order valence-corrected chi connectivity index (χ0v) is 9.34. The second kappa shape index (κ2) is 4.03. The Morgan fingerprint density at radius 2 is 2.06 bits per heavy atom. The average molecular weight is 228 g/mol. The Hall–Kier alpha value is -2.14. The van der Waals surface area contributed by atoms with Gasteiger partial charge in [-0.25, -0.2) is 5.53 Å². The van der Waals surface area contributed by atoms with Crippen LogP contribution in [0.15, 0.2) is 40.4 Å². The topological polar surface area (TPSA) is 58.0 Å². The number of hydrogen-bond donors (Lipinski definition) is 2. The summed E-state index contributed by atoms with van der Waals surface area (Å²) >= 11 is 0. The molecule has 2 heterocycles. The summed E-state index contributed by atoms with van der Waals surface area (Å²) in [5.74, 6) is 0.849. The van der Waals surface area contributed by atoms with Crippen LogP contribution in [0.1, 0.15) is 5.56 Å². The van der Waals surface area contributed by atoms with Crippen LogP contribution in [0.2, 0.25) is 0 Å². The molecule has 5 nitrogen and oxygen atoms in total. The van der Waals surface area contributed by atoms with Gasteiger partial charge in [0, 0.05) is 11.8 Å². The third-order valence-corrected chi connectivity index (χ3v) is 2.76. The highest BCUT2D eigenvalue weighted by molar-refractivity contribution is 6.21. The Morgan fingerprint density at radius 1 is 1.24 bits per heavy atom. The van der Waals surface area contributed by atoms with Crippen LogP contribution >= 0.6 is 0 Å². The second-order valence-electron chi connectivity index (χ2n) is 3.80. The molecule has 0 saturated heterocycles. The van der Waals surface area contributed by atoms with Gasteiger partial charge in [-0.1, -0.05) is 12.1 Å². The molecule has 0 amide bonds. The number of dihydropyridines is 1. The Labute approximate surface area is 98.9 Å². The van der Waals surface area contributed by atoms with Crippen LogP contribution in [0.4, 0.5) is 0 Å². The maximum Gasteiger partial charge on any atom is 0.161 e. The molecule has 0 aliphatic carbocycles. The molecule has 1 aromatic rings. The van der Waals surface area contributed by atoms with Gasteiger partial charge in [0.2, 0.25) is 0 Å². The van der Waals surface area contributed by atoms with E-state index in [9.17, 15) is 0 Å². The first-order valence-corrected chi connectivity index (χ1v) is 5.34. The van der Waals surface area contributed by atoms with E-state index in [4.69, 9.17) is 4.74 Å². The lowest BCUT2D eigenvalue weighted by Gasteiger charge is -2.12. The molecule has 1 aromatic carbocycles. The standard InChI is InChI=1S/C12H12N4O/c1-17-10-4-2-8(3-5-10)9-6-11-12(13-7-9)15-16-14-11/h2-7,12,15-16H,1H3. The number of benzene rings is 1. The predicted molar refractivity (Wildman–Crippen MR) is 67.0 cm³/mol. The molecule has 2 aliphatic rings. The van der Waals surface area contributed by atoms with Gasteiger partial charge >= 0.3 is 0 Å². The number of ether oxygens (including phenoxy) is 1. The third kappa shape index (κ3) is 1.81. The summed E-state index contributed by atoms with van der Waals surface area (Å²) < 4.78 is 5.13. The lowest BCUT2D eigenvalue weighted by Crippen LogP contribution is -2.34. The SMILES string of the molecule is COc1ccc(C2=CC3=NNNC3N=C2)cc1. The number of fused-ring (bicyclic) bond motifs is 1. The van der Waals surface area contributed by atoms with Gasteiger partial charge in [0.15, 0.2) is 6.17 Å². The monoisotopic (exact) mass is 228 g/mol. The molecule has 17 heavy (non-hydrogen) atoms. The Balaban J connectivity index is 1.91. The van der Waals surface area contributed by atoms with Crippen molar-refractivity contribution >= 4 is 17.5 Å². The van der Waals surface area contributed by atoms with E-state index in [2.05, 4.69) is 21.1 Å². The largest absolute Gasteiger partial charge is 0.497 e. The second-order valence-corrected chi connectivity index (χ2v) is 3.80. The molecule has 5 heteroatoms. The van der Waals surface area contributed by atoms with Gasteiger partial charge in [0.05, 0.1) is 7.11 Å². The van der Waals surface area contributed by atoms with Crippen molar-refractivity contribution in [3.63, 3.8) is 0 Å². The summed E-state index contributed by atoms with van der Waals surface area (Å²) in [4.78, 5) is 4.36. The molecule has 0 saturated carbocycles. The van der Waals surface area contributed by atoms with Crippen LogP contribution in [0.25, 0.3) is 5.57 Å². The molecule has 86 valence electrons. The van der Waals surface area contributed by atoms with Crippen LogP contribution in [0.3, 0.4) is 0 Å². The fourth-order valence-corrected chi connectivity index (χ4v) is 1.81. The smallest absolute Gasteiger partial charge is 0.161 e. The summed E-state index contributed by atoms with van der Waals surface area (Å²) in [5, 5.41) is 4.11. The number of allylic oxidation sites excluding steroid dienone is 1. The highest BCUT2D eigenvalue weighted by atomic mass is 16.5. The number of hydrogen-bond acceptors (Lipinski definition) is 5. The van der Waals surface area contributed by atoms with Crippen LogP contribution in [-0.2, 0) is 0 Å². The van der Waals surface area contributed by atoms with E-state index in [-0.39, 0.29) is 6.17 Å². The van der Waals surface area contributed by atoms with E-state index in [1.165, 1.54) is 0 Å². The Bertz CT molecular complexity index is 516. The zero-order valence-electron chi connectivity index (χ0n) is 9.34. The predicted octanol–water partition coefficient (Wildman–Crippen LogP) is 0.953. The van der Waals surface area contributed by atoms with E-state index < -0.39 is 0 Å². The number of nitrogens with zero attached hydrogens (tertiary/aromatic N) is 2. The maximum absolute atomic E-state index is 5.13. The summed E-state index contributed by atoms with van der Waals surface area (Å²) in [6.07, 6.45) is 3.81. The molecular weight excluding hydrogens is 216 g/mol.